The molecule has 2 rings (SSSR count). The van der Waals surface area contributed by atoms with Crippen LogP contribution in [-0.4, -0.2) is 17.8 Å². The summed E-state index contributed by atoms with van der Waals surface area (Å²) in [6.07, 6.45) is 2.91. The Morgan fingerprint density at radius 1 is 1.62 bits per heavy atom. The molecule has 1 atom stereocenters. The Labute approximate surface area is 77.5 Å². The molecule has 1 aromatic rings. The van der Waals surface area contributed by atoms with Crippen LogP contribution in [0.5, 0.6) is 5.75 Å². The second kappa shape index (κ2) is 3.23. The first kappa shape index (κ1) is 8.32. The highest BCUT2D eigenvalue weighted by molar-refractivity contribution is 5.55. The average molecular weight is 176 g/mol. The minimum atomic E-state index is 0.299. The molecular weight excluding hydrogens is 164 g/mol. The SMILES string of the molecule is C=Cc1ccc(CC2CO2)cc1O. The first-order chi connectivity index (χ1) is 6.29. The second-order valence-electron chi connectivity index (χ2n) is 3.26. The summed E-state index contributed by atoms with van der Waals surface area (Å²) in [7, 11) is 0. The van der Waals surface area contributed by atoms with Crippen molar-refractivity contribution in [3.05, 3.63) is 35.9 Å². The Balaban J connectivity index is 2.18. The molecule has 68 valence electrons. The van der Waals surface area contributed by atoms with E-state index in [4.69, 9.17) is 4.74 Å². The highest BCUT2D eigenvalue weighted by Crippen LogP contribution is 2.23. The van der Waals surface area contributed by atoms with Gasteiger partial charge in [-0.2, -0.15) is 0 Å². The zero-order valence-corrected chi connectivity index (χ0v) is 7.36. The molecule has 0 amide bonds. The van der Waals surface area contributed by atoms with Crippen molar-refractivity contribution >= 4 is 6.08 Å². The number of ether oxygens (including phenoxy) is 1. The van der Waals surface area contributed by atoms with Crippen LogP contribution in [0.15, 0.2) is 24.8 Å². The van der Waals surface area contributed by atoms with Crippen LogP contribution in [-0.2, 0) is 11.2 Å². The third-order valence-electron chi connectivity index (χ3n) is 2.18. The highest BCUT2D eigenvalue weighted by Gasteiger charge is 2.22. The maximum atomic E-state index is 9.51. The largest absolute Gasteiger partial charge is 0.507 e. The average Bonchev–Trinajstić information content (AvgIpc) is 2.89. The summed E-state index contributed by atoms with van der Waals surface area (Å²) in [5.41, 5.74) is 1.89. The summed E-state index contributed by atoms with van der Waals surface area (Å²) < 4.78 is 5.11. The van der Waals surface area contributed by atoms with E-state index < -0.39 is 0 Å². The summed E-state index contributed by atoms with van der Waals surface area (Å²) >= 11 is 0. The van der Waals surface area contributed by atoms with Crippen molar-refractivity contribution in [1.82, 2.24) is 0 Å². The first-order valence-corrected chi connectivity index (χ1v) is 4.35. The summed E-state index contributed by atoms with van der Waals surface area (Å²) in [6, 6.07) is 5.65. The highest BCUT2D eigenvalue weighted by atomic mass is 16.6. The van der Waals surface area contributed by atoms with E-state index in [0.717, 1.165) is 24.2 Å². The molecule has 1 heterocycles. The predicted molar refractivity (Wildman–Crippen MR) is 51.6 cm³/mol. The fourth-order valence-electron chi connectivity index (χ4n) is 1.34. The van der Waals surface area contributed by atoms with Crippen molar-refractivity contribution in [2.75, 3.05) is 6.61 Å². The number of hydrogen-bond acceptors (Lipinski definition) is 2. The van der Waals surface area contributed by atoms with Crippen molar-refractivity contribution in [2.24, 2.45) is 0 Å². The summed E-state index contributed by atoms with van der Waals surface area (Å²) in [6.45, 7) is 4.46. The second-order valence-corrected chi connectivity index (χ2v) is 3.26. The number of epoxide rings is 1. The molecule has 0 radical (unpaired) electrons. The molecule has 13 heavy (non-hydrogen) atoms. The third kappa shape index (κ3) is 1.90. The van der Waals surface area contributed by atoms with Crippen molar-refractivity contribution in [3.8, 4) is 5.75 Å². The smallest absolute Gasteiger partial charge is 0.123 e. The molecule has 0 saturated carbocycles. The van der Waals surface area contributed by atoms with Gasteiger partial charge in [-0.3, -0.25) is 0 Å². The van der Waals surface area contributed by atoms with Crippen LogP contribution in [0.4, 0.5) is 0 Å². The zero-order chi connectivity index (χ0) is 9.26. The Morgan fingerprint density at radius 3 is 2.92 bits per heavy atom. The van der Waals surface area contributed by atoms with Gasteiger partial charge in [-0.1, -0.05) is 24.8 Å². The van der Waals surface area contributed by atoms with E-state index in [-0.39, 0.29) is 0 Å². The molecule has 2 nitrogen and oxygen atoms in total. The lowest BCUT2D eigenvalue weighted by Crippen LogP contribution is -1.92. The van der Waals surface area contributed by atoms with E-state index in [1.807, 2.05) is 12.1 Å². The number of rotatable bonds is 3. The van der Waals surface area contributed by atoms with Crippen molar-refractivity contribution < 1.29 is 9.84 Å². The minimum absolute atomic E-state index is 0.299. The molecule has 1 aliphatic rings. The topological polar surface area (TPSA) is 32.8 Å². The number of hydrogen-bond donors (Lipinski definition) is 1. The van der Waals surface area contributed by atoms with E-state index in [2.05, 4.69) is 6.58 Å². The summed E-state index contributed by atoms with van der Waals surface area (Å²) in [4.78, 5) is 0. The predicted octanol–water partition coefficient (Wildman–Crippen LogP) is 1.98. The standard InChI is InChI=1S/C11H12O2/c1-2-9-4-3-8(6-11(9)12)5-10-7-13-10/h2-4,6,10,12H,1,5,7H2. The van der Waals surface area contributed by atoms with Crippen LogP contribution in [0.2, 0.25) is 0 Å². The summed E-state index contributed by atoms with van der Waals surface area (Å²) in [5, 5.41) is 9.51. The minimum Gasteiger partial charge on any atom is -0.507 e. The molecule has 0 spiro atoms. The van der Waals surface area contributed by atoms with Gasteiger partial charge in [-0.05, 0) is 11.6 Å². The van der Waals surface area contributed by atoms with E-state index >= 15 is 0 Å². The molecule has 0 bridgehead atoms. The van der Waals surface area contributed by atoms with E-state index in [0.29, 0.717) is 11.9 Å². The van der Waals surface area contributed by atoms with Gasteiger partial charge >= 0.3 is 0 Å². The molecule has 0 aromatic heterocycles. The Bertz CT molecular complexity index is 327. The van der Waals surface area contributed by atoms with Gasteiger partial charge < -0.3 is 9.84 Å². The summed E-state index contributed by atoms with van der Waals surface area (Å²) in [5.74, 6) is 0.299. The van der Waals surface area contributed by atoms with Gasteiger partial charge in [0.05, 0.1) is 12.7 Å². The van der Waals surface area contributed by atoms with Gasteiger partial charge in [0.2, 0.25) is 0 Å². The lowest BCUT2D eigenvalue weighted by Gasteiger charge is -2.02. The van der Waals surface area contributed by atoms with Crippen LogP contribution in [0.1, 0.15) is 11.1 Å². The van der Waals surface area contributed by atoms with E-state index in [1.165, 1.54) is 0 Å². The van der Waals surface area contributed by atoms with Crippen molar-refractivity contribution in [1.29, 1.82) is 0 Å². The number of phenolic OH excluding ortho intramolecular Hbond substituents is 1. The Hall–Kier alpha value is -1.28. The zero-order valence-electron chi connectivity index (χ0n) is 7.36. The van der Waals surface area contributed by atoms with Gasteiger partial charge in [0.15, 0.2) is 0 Å². The molecular formula is C11H12O2. The van der Waals surface area contributed by atoms with Gasteiger partial charge in [0, 0.05) is 12.0 Å². The number of phenols is 1. The molecule has 1 N–H and O–H groups in total. The van der Waals surface area contributed by atoms with Gasteiger partial charge in [-0.25, -0.2) is 0 Å². The van der Waals surface area contributed by atoms with Gasteiger partial charge in [0.25, 0.3) is 0 Å². The Kier molecular flexibility index (Phi) is 2.07. The molecule has 2 heteroatoms. The lowest BCUT2D eigenvalue weighted by atomic mass is 10.1. The fraction of sp³-hybridized carbons (Fsp3) is 0.273. The lowest BCUT2D eigenvalue weighted by molar-refractivity contribution is 0.407. The number of aromatic hydroxyl groups is 1. The van der Waals surface area contributed by atoms with Crippen molar-refractivity contribution in [2.45, 2.75) is 12.5 Å². The maximum absolute atomic E-state index is 9.51. The fourth-order valence-corrected chi connectivity index (χ4v) is 1.34. The van der Waals surface area contributed by atoms with Crippen LogP contribution in [0.25, 0.3) is 6.08 Å². The van der Waals surface area contributed by atoms with Crippen LogP contribution < -0.4 is 0 Å². The molecule has 1 aliphatic heterocycles. The van der Waals surface area contributed by atoms with Crippen molar-refractivity contribution in [3.63, 3.8) is 0 Å². The maximum Gasteiger partial charge on any atom is 0.123 e. The van der Waals surface area contributed by atoms with Gasteiger partial charge in [0.1, 0.15) is 5.75 Å². The molecule has 1 fully saturated rings. The van der Waals surface area contributed by atoms with E-state index in [9.17, 15) is 5.11 Å². The van der Waals surface area contributed by atoms with E-state index in [1.54, 1.807) is 12.1 Å². The normalized spacial score (nSPS) is 19.8. The van der Waals surface area contributed by atoms with Crippen LogP contribution in [0.3, 0.4) is 0 Å². The van der Waals surface area contributed by atoms with Crippen LogP contribution >= 0.6 is 0 Å². The molecule has 1 saturated heterocycles. The molecule has 1 unspecified atom stereocenters. The number of benzene rings is 1. The monoisotopic (exact) mass is 176 g/mol. The van der Waals surface area contributed by atoms with Gasteiger partial charge in [-0.15, -0.1) is 0 Å². The third-order valence-corrected chi connectivity index (χ3v) is 2.18. The van der Waals surface area contributed by atoms with Crippen LogP contribution in [0, 0.1) is 0 Å². The quantitative estimate of drug-likeness (QED) is 0.714. The Morgan fingerprint density at radius 2 is 2.38 bits per heavy atom. The molecule has 1 aromatic carbocycles. The molecule has 0 aliphatic carbocycles. The first-order valence-electron chi connectivity index (χ1n) is 4.35.